The maximum absolute atomic E-state index is 11.8. The summed E-state index contributed by atoms with van der Waals surface area (Å²) in [5.41, 5.74) is 3.44. The zero-order chi connectivity index (χ0) is 24.0. The fourth-order valence-corrected chi connectivity index (χ4v) is 6.35. The van der Waals surface area contributed by atoms with E-state index in [0.717, 1.165) is 67.8 Å². The molecule has 34 heavy (non-hydrogen) atoms. The third-order valence-electron chi connectivity index (χ3n) is 8.56. The van der Waals surface area contributed by atoms with Crippen molar-refractivity contribution in [3.8, 4) is 5.75 Å². The first kappa shape index (κ1) is 25.0. The Labute approximate surface area is 204 Å². The summed E-state index contributed by atoms with van der Waals surface area (Å²) in [5, 5.41) is 10.9. The fourth-order valence-electron chi connectivity index (χ4n) is 6.35. The number of fused-ring (bicyclic) bond motifs is 1. The van der Waals surface area contributed by atoms with E-state index in [4.69, 9.17) is 4.74 Å². The van der Waals surface area contributed by atoms with E-state index >= 15 is 0 Å². The van der Waals surface area contributed by atoms with Crippen LogP contribution in [0.3, 0.4) is 0 Å². The monoisotopic (exact) mass is 466 g/mol. The first-order valence-electron chi connectivity index (χ1n) is 13.3. The molecule has 1 aliphatic carbocycles. The molecular weight excluding hydrogens is 424 g/mol. The van der Waals surface area contributed by atoms with Crippen LogP contribution < -0.4 is 4.74 Å². The van der Waals surface area contributed by atoms with Crippen LogP contribution in [-0.4, -0.2) is 47.7 Å². The van der Waals surface area contributed by atoms with Gasteiger partial charge < -0.3 is 14.7 Å². The third kappa shape index (κ3) is 6.29. The standard InChI is InChI=1S/C29H42N2O3/c1-22-21-30-27-11-10-24(34-2)19-26(27)25(22)9-6-13-29(20-28(32)33)14-17-31(18-15-29)16-12-23-7-4-3-5-8-23/h10-11,19,21,23H,3-9,12-18,20H2,1-2H3,(H,32,33). The molecule has 2 fully saturated rings. The number of aryl methyl sites for hydroxylation is 2. The molecule has 186 valence electrons. The van der Waals surface area contributed by atoms with Crippen LogP contribution in [0.25, 0.3) is 10.9 Å². The quantitative estimate of drug-likeness (QED) is 0.439. The van der Waals surface area contributed by atoms with E-state index < -0.39 is 5.97 Å². The minimum Gasteiger partial charge on any atom is -0.497 e. The topological polar surface area (TPSA) is 62.7 Å². The Bertz CT molecular complexity index is 959. The summed E-state index contributed by atoms with van der Waals surface area (Å²) in [5.74, 6) is 1.12. The molecule has 1 saturated heterocycles. The lowest BCUT2D eigenvalue weighted by Crippen LogP contribution is -2.42. The molecule has 4 rings (SSSR count). The molecule has 0 amide bonds. The number of hydrogen-bond donors (Lipinski definition) is 1. The van der Waals surface area contributed by atoms with Gasteiger partial charge in [0.15, 0.2) is 0 Å². The first-order chi connectivity index (χ1) is 16.5. The molecule has 5 heteroatoms. The van der Waals surface area contributed by atoms with Crippen LogP contribution >= 0.6 is 0 Å². The van der Waals surface area contributed by atoms with Crippen molar-refractivity contribution in [1.29, 1.82) is 0 Å². The van der Waals surface area contributed by atoms with Gasteiger partial charge in [0.25, 0.3) is 0 Å². The number of likely N-dealkylation sites (tertiary alicyclic amines) is 1. The van der Waals surface area contributed by atoms with Crippen molar-refractivity contribution in [1.82, 2.24) is 9.88 Å². The van der Waals surface area contributed by atoms with E-state index in [-0.39, 0.29) is 5.41 Å². The Morgan fingerprint density at radius 1 is 1.21 bits per heavy atom. The van der Waals surface area contributed by atoms with E-state index in [1.807, 2.05) is 18.3 Å². The SMILES string of the molecule is COc1ccc2ncc(C)c(CCCC3(CC(=O)O)CCN(CCC4CCCCC4)CC3)c2c1. The molecular formula is C29H42N2O3. The number of hydrogen-bond acceptors (Lipinski definition) is 4. The van der Waals surface area contributed by atoms with Gasteiger partial charge in [-0.2, -0.15) is 0 Å². The Balaban J connectivity index is 1.36. The second-order valence-corrected chi connectivity index (χ2v) is 10.9. The summed E-state index contributed by atoms with van der Waals surface area (Å²) in [4.78, 5) is 19.0. The summed E-state index contributed by atoms with van der Waals surface area (Å²) < 4.78 is 5.45. The van der Waals surface area contributed by atoms with Crippen LogP contribution in [0.5, 0.6) is 5.75 Å². The summed E-state index contributed by atoms with van der Waals surface area (Å²) in [6, 6.07) is 6.06. The van der Waals surface area contributed by atoms with Gasteiger partial charge in [-0.1, -0.05) is 32.1 Å². The molecule has 0 radical (unpaired) electrons. The summed E-state index contributed by atoms with van der Waals surface area (Å²) in [7, 11) is 1.70. The smallest absolute Gasteiger partial charge is 0.303 e. The van der Waals surface area contributed by atoms with E-state index in [9.17, 15) is 9.90 Å². The van der Waals surface area contributed by atoms with Gasteiger partial charge in [0.1, 0.15) is 5.75 Å². The Hall–Kier alpha value is -2.14. The average Bonchev–Trinajstić information content (AvgIpc) is 2.85. The van der Waals surface area contributed by atoms with Crippen molar-refractivity contribution in [2.75, 3.05) is 26.7 Å². The van der Waals surface area contributed by atoms with Gasteiger partial charge in [-0.3, -0.25) is 9.78 Å². The van der Waals surface area contributed by atoms with Crippen molar-refractivity contribution < 1.29 is 14.6 Å². The number of nitrogens with zero attached hydrogens (tertiary/aromatic N) is 2. The minimum atomic E-state index is -0.647. The molecule has 0 bridgehead atoms. The predicted molar refractivity (Wildman–Crippen MR) is 138 cm³/mol. The van der Waals surface area contributed by atoms with Crippen molar-refractivity contribution in [3.05, 3.63) is 35.5 Å². The largest absolute Gasteiger partial charge is 0.497 e. The predicted octanol–water partition coefficient (Wildman–Crippen LogP) is 6.40. The summed E-state index contributed by atoms with van der Waals surface area (Å²) in [6.07, 6.45) is 15.6. The Kier molecular flexibility index (Phi) is 8.46. The fraction of sp³-hybridized carbons (Fsp3) is 0.655. The van der Waals surface area contributed by atoms with Crippen molar-refractivity contribution >= 4 is 16.9 Å². The van der Waals surface area contributed by atoms with Crippen molar-refractivity contribution in [2.24, 2.45) is 11.3 Å². The number of carbonyl (C=O) groups is 1. The number of benzene rings is 1. The minimum absolute atomic E-state index is 0.0679. The number of pyridine rings is 1. The molecule has 1 saturated carbocycles. The van der Waals surface area contributed by atoms with Gasteiger partial charge in [-0.15, -0.1) is 0 Å². The number of ether oxygens (including phenoxy) is 1. The molecule has 1 aliphatic heterocycles. The highest BCUT2D eigenvalue weighted by Gasteiger charge is 2.36. The molecule has 2 aliphatic rings. The third-order valence-corrected chi connectivity index (χ3v) is 8.56. The molecule has 0 atom stereocenters. The second-order valence-electron chi connectivity index (χ2n) is 10.9. The number of rotatable bonds is 10. The molecule has 2 heterocycles. The van der Waals surface area contributed by atoms with Gasteiger partial charge in [-0.05, 0) is 106 Å². The number of carboxylic acid groups (broad SMARTS) is 1. The number of piperidine rings is 1. The Morgan fingerprint density at radius 2 is 1.97 bits per heavy atom. The number of methoxy groups -OCH3 is 1. The first-order valence-corrected chi connectivity index (χ1v) is 13.3. The van der Waals surface area contributed by atoms with Crippen LogP contribution in [-0.2, 0) is 11.2 Å². The van der Waals surface area contributed by atoms with Crippen LogP contribution in [0.4, 0.5) is 0 Å². The maximum Gasteiger partial charge on any atom is 0.303 e. The van der Waals surface area contributed by atoms with Gasteiger partial charge in [0.05, 0.1) is 19.0 Å². The zero-order valence-corrected chi connectivity index (χ0v) is 21.2. The molecule has 5 nitrogen and oxygen atoms in total. The summed E-state index contributed by atoms with van der Waals surface area (Å²) in [6.45, 7) is 5.42. The van der Waals surface area contributed by atoms with Crippen molar-refractivity contribution in [2.45, 2.75) is 84.0 Å². The van der Waals surface area contributed by atoms with Gasteiger partial charge in [0.2, 0.25) is 0 Å². The lowest BCUT2D eigenvalue weighted by atomic mass is 9.71. The lowest BCUT2D eigenvalue weighted by Gasteiger charge is -2.42. The highest BCUT2D eigenvalue weighted by atomic mass is 16.5. The lowest BCUT2D eigenvalue weighted by molar-refractivity contribution is -0.140. The van der Waals surface area contributed by atoms with Crippen LogP contribution in [0.15, 0.2) is 24.4 Å². The maximum atomic E-state index is 11.8. The van der Waals surface area contributed by atoms with E-state index in [0.29, 0.717) is 6.42 Å². The van der Waals surface area contributed by atoms with Gasteiger partial charge >= 0.3 is 5.97 Å². The molecule has 1 N–H and O–H groups in total. The average molecular weight is 467 g/mol. The molecule has 0 unspecified atom stereocenters. The molecule has 1 aromatic heterocycles. The number of aliphatic carboxylic acids is 1. The van der Waals surface area contributed by atoms with Crippen LogP contribution in [0, 0.1) is 18.3 Å². The van der Waals surface area contributed by atoms with Crippen LogP contribution in [0.2, 0.25) is 0 Å². The molecule has 0 spiro atoms. The summed E-state index contributed by atoms with van der Waals surface area (Å²) >= 11 is 0. The normalized spacial score (nSPS) is 19.4. The van der Waals surface area contributed by atoms with Gasteiger partial charge in [-0.25, -0.2) is 0 Å². The highest BCUT2D eigenvalue weighted by Crippen LogP contribution is 2.41. The van der Waals surface area contributed by atoms with Crippen LogP contribution in [0.1, 0.15) is 81.8 Å². The van der Waals surface area contributed by atoms with Crippen molar-refractivity contribution in [3.63, 3.8) is 0 Å². The molecule has 1 aromatic carbocycles. The number of aromatic nitrogens is 1. The van der Waals surface area contributed by atoms with E-state index in [2.05, 4.69) is 22.9 Å². The van der Waals surface area contributed by atoms with Gasteiger partial charge in [0, 0.05) is 11.6 Å². The van der Waals surface area contributed by atoms with E-state index in [1.54, 1.807) is 7.11 Å². The van der Waals surface area contributed by atoms with E-state index in [1.165, 1.54) is 56.2 Å². The number of carboxylic acids is 1. The second kappa shape index (κ2) is 11.5. The highest BCUT2D eigenvalue weighted by molar-refractivity contribution is 5.84. The zero-order valence-electron chi connectivity index (χ0n) is 21.2. The Morgan fingerprint density at radius 3 is 2.68 bits per heavy atom. The molecule has 2 aromatic rings.